The van der Waals surface area contributed by atoms with Gasteiger partial charge in [0, 0.05) is 18.3 Å². The van der Waals surface area contributed by atoms with Gasteiger partial charge in [0.05, 0.1) is 7.11 Å². The van der Waals surface area contributed by atoms with Gasteiger partial charge in [-0.05, 0) is 18.2 Å². The molecule has 0 aliphatic carbocycles. The zero-order valence-electron chi connectivity index (χ0n) is 13.5. The van der Waals surface area contributed by atoms with E-state index >= 15 is 0 Å². The zero-order chi connectivity index (χ0) is 17.6. The van der Waals surface area contributed by atoms with Gasteiger partial charge in [-0.1, -0.05) is 29.4 Å². The van der Waals surface area contributed by atoms with Gasteiger partial charge in [-0.3, -0.25) is 14.3 Å². The minimum absolute atomic E-state index is 0.207. The molecule has 3 rings (SSSR count). The molecular weight excluding hydrogens is 324 g/mol. The van der Waals surface area contributed by atoms with E-state index < -0.39 is 5.76 Å². The van der Waals surface area contributed by atoms with Crippen molar-refractivity contribution in [2.75, 3.05) is 7.11 Å². The summed E-state index contributed by atoms with van der Waals surface area (Å²) in [5.74, 6) is -0.182. The molecule has 2 aromatic heterocycles. The lowest BCUT2D eigenvalue weighted by Gasteiger charge is -2.10. The second-order valence-electron chi connectivity index (χ2n) is 5.16. The van der Waals surface area contributed by atoms with Crippen molar-refractivity contribution in [3.8, 4) is 17.3 Å². The van der Waals surface area contributed by atoms with E-state index in [-0.39, 0.29) is 24.8 Å². The van der Waals surface area contributed by atoms with Crippen LogP contribution < -0.4 is 15.8 Å². The van der Waals surface area contributed by atoms with Crippen molar-refractivity contribution < 1.29 is 14.1 Å². The Balaban J connectivity index is 1.72. The number of hydrogen-bond acceptors (Lipinski definition) is 6. The third-order valence-corrected chi connectivity index (χ3v) is 3.55. The van der Waals surface area contributed by atoms with Crippen LogP contribution in [0.5, 0.6) is 5.75 Å². The van der Waals surface area contributed by atoms with Crippen LogP contribution in [0.15, 0.2) is 58.0 Å². The van der Waals surface area contributed by atoms with E-state index in [4.69, 9.17) is 4.74 Å². The number of carbonyl (C=O) groups is 1. The molecule has 1 aromatic carbocycles. The van der Waals surface area contributed by atoms with Crippen LogP contribution in [0.25, 0.3) is 11.5 Å². The third kappa shape index (κ3) is 3.74. The smallest absolute Gasteiger partial charge is 0.442 e. The van der Waals surface area contributed by atoms with Crippen LogP contribution in [-0.2, 0) is 17.9 Å². The van der Waals surface area contributed by atoms with E-state index in [1.807, 2.05) is 24.3 Å². The van der Waals surface area contributed by atoms with Crippen LogP contribution in [0.1, 0.15) is 5.56 Å². The minimum atomic E-state index is -0.715. The predicted molar refractivity (Wildman–Crippen MR) is 88.8 cm³/mol. The number of nitrogens with one attached hydrogen (secondary N) is 1. The Morgan fingerprint density at radius 2 is 2.04 bits per heavy atom. The Labute approximate surface area is 143 Å². The largest absolute Gasteiger partial charge is 0.496 e. The lowest BCUT2D eigenvalue weighted by Crippen LogP contribution is -2.31. The fourth-order valence-corrected chi connectivity index (χ4v) is 2.33. The van der Waals surface area contributed by atoms with Gasteiger partial charge in [0.25, 0.3) is 0 Å². The van der Waals surface area contributed by atoms with Crippen molar-refractivity contribution in [2.24, 2.45) is 0 Å². The van der Waals surface area contributed by atoms with Crippen LogP contribution in [0.4, 0.5) is 0 Å². The predicted octanol–water partition coefficient (Wildman–Crippen LogP) is 1.22. The van der Waals surface area contributed by atoms with Gasteiger partial charge in [0.2, 0.25) is 11.7 Å². The molecule has 0 fully saturated rings. The minimum Gasteiger partial charge on any atom is -0.496 e. The fourth-order valence-electron chi connectivity index (χ4n) is 2.33. The van der Waals surface area contributed by atoms with Gasteiger partial charge >= 0.3 is 5.76 Å². The maximum atomic E-state index is 12.2. The summed E-state index contributed by atoms with van der Waals surface area (Å²) in [6, 6.07) is 12.5. The van der Waals surface area contributed by atoms with Gasteiger partial charge in [-0.15, -0.1) is 0 Å². The first-order chi connectivity index (χ1) is 12.2. The molecule has 0 saturated carbocycles. The SMILES string of the molecule is COc1ccccc1CNC(=O)Cn1c(-c2ccccn2)noc1=O. The van der Waals surface area contributed by atoms with Crippen molar-refractivity contribution in [3.05, 3.63) is 64.8 Å². The van der Waals surface area contributed by atoms with E-state index in [2.05, 4.69) is 20.0 Å². The topological polar surface area (TPSA) is 99.2 Å². The number of carbonyl (C=O) groups excluding carboxylic acids is 1. The van der Waals surface area contributed by atoms with E-state index in [1.54, 1.807) is 31.5 Å². The summed E-state index contributed by atoms with van der Waals surface area (Å²) in [5.41, 5.74) is 1.28. The van der Waals surface area contributed by atoms with E-state index in [0.717, 1.165) is 10.1 Å². The number of nitrogens with zero attached hydrogens (tertiary/aromatic N) is 3. The highest BCUT2D eigenvalue weighted by Gasteiger charge is 2.16. The third-order valence-electron chi connectivity index (χ3n) is 3.55. The molecule has 0 saturated heterocycles. The first-order valence-electron chi connectivity index (χ1n) is 7.55. The number of amides is 1. The summed E-state index contributed by atoms with van der Waals surface area (Å²) in [4.78, 5) is 28.2. The lowest BCUT2D eigenvalue weighted by atomic mass is 10.2. The van der Waals surface area contributed by atoms with Crippen LogP contribution in [0.2, 0.25) is 0 Å². The molecule has 0 unspecified atom stereocenters. The fraction of sp³-hybridized carbons (Fsp3) is 0.176. The van der Waals surface area contributed by atoms with Crippen molar-refractivity contribution >= 4 is 5.91 Å². The average Bonchev–Trinajstić information content (AvgIpc) is 3.01. The number of pyridine rings is 1. The highest BCUT2D eigenvalue weighted by Crippen LogP contribution is 2.16. The number of hydrogen-bond donors (Lipinski definition) is 1. The molecule has 25 heavy (non-hydrogen) atoms. The van der Waals surface area contributed by atoms with E-state index in [1.165, 1.54) is 0 Å². The maximum absolute atomic E-state index is 12.2. The molecule has 0 radical (unpaired) electrons. The van der Waals surface area contributed by atoms with Gasteiger partial charge in [-0.2, -0.15) is 0 Å². The number of methoxy groups -OCH3 is 1. The van der Waals surface area contributed by atoms with Gasteiger partial charge in [0.15, 0.2) is 0 Å². The standard InChI is InChI=1S/C17H16N4O4/c1-24-14-8-3-2-6-12(14)10-19-15(22)11-21-16(20-25-17(21)23)13-7-4-5-9-18-13/h2-9H,10-11H2,1H3,(H,19,22). The summed E-state index contributed by atoms with van der Waals surface area (Å²) in [6.45, 7) is 0.0607. The van der Waals surface area contributed by atoms with Gasteiger partial charge < -0.3 is 10.1 Å². The second-order valence-corrected chi connectivity index (χ2v) is 5.16. The molecule has 0 aliphatic rings. The summed E-state index contributed by atoms with van der Waals surface area (Å²) >= 11 is 0. The first-order valence-corrected chi connectivity index (χ1v) is 7.55. The monoisotopic (exact) mass is 340 g/mol. The highest BCUT2D eigenvalue weighted by atomic mass is 16.5. The number of ether oxygens (including phenoxy) is 1. The Kier molecular flexibility index (Phi) is 4.89. The van der Waals surface area contributed by atoms with Gasteiger partial charge in [-0.25, -0.2) is 9.36 Å². The molecule has 128 valence electrons. The molecule has 1 amide bonds. The summed E-state index contributed by atoms with van der Waals surface area (Å²) in [7, 11) is 1.57. The molecule has 2 heterocycles. The number of aromatic nitrogens is 3. The number of benzene rings is 1. The Morgan fingerprint density at radius 3 is 2.80 bits per heavy atom. The molecular formula is C17H16N4O4. The Bertz CT molecular complexity index is 918. The highest BCUT2D eigenvalue weighted by molar-refractivity contribution is 5.76. The summed E-state index contributed by atoms with van der Waals surface area (Å²) in [6.07, 6.45) is 1.57. The van der Waals surface area contributed by atoms with Crippen LogP contribution in [-0.4, -0.2) is 27.7 Å². The molecule has 8 nitrogen and oxygen atoms in total. The average molecular weight is 340 g/mol. The van der Waals surface area contributed by atoms with Crippen molar-refractivity contribution in [1.82, 2.24) is 20.0 Å². The van der Waals surface area contributed by atoms with Crippen LogP contribution in [0, 0.1) is 0 Å². The molecule has 1 N–H and O–H groups in total. The van der Waals surface area contributed by atoms with Gasteiger partial charge in [0.1, 0.15) is 18.0 Å². The normalized spacial score (nSPS) is 10.4. The Morgan fingerprint density at radius 1 is 1.24 bits per heavy atom. The van der Waals surface area contributed by atoms with E-state index in [9.17, 15) is 9.59 Å². The molecule has 0 aliphatic heterocycles. The first kappa shape index (κ1) is 16.4. The van der Waals surface area contributed by atoms with Crippen molar-refractivity contribution in [3.63, 3.8) is 0 Å². The molecule has 8 heteroatoms. The lowest BCUT2D eigenvalue weighted by molar-refractivity contribution is -0.121. The maximum Gasteiger partial charge on any atom is 0.442 e. The summed E-state index contributed by atoms with van der Waals surface area (Å²) in [5, 5.41) is 6.45. The van der Waals surface area contributed by atoms with Crippen molar-refractivity contribution in [1.29, 1.82) is 0 Å². The second kappa shape index (κ2) is 7.43. The molecule has 0 atom stereocenters. The van der Waals surface area contributed by atoms with Crippen LogP contribution >= 0.6 is 0 Å². The molecule has 0 spiro atoms. The number of para-hydroxylation sites is 1. The zero-order valence-corrected chi connectivity index (χ0v) is 13.5. The number of rotatable bonds is 6. The van der Waals surface area contributed by atoms with E-state index in [0.29, 0.717) is 11.4 Å². The van der Waals surface area contributed by atoms with Crippen molar-refractivity contribution in [2.45, 2.75) is 13.1 Å². The molecule has 0 bridgehead atoms. The van der Waals surface area contributed by atoms with Crippen LogP contribution in [0.3, 0.4) is 0 Å². The summed E-state index contributed by atoms with van der Waals surface area (Å²) < 4.78 is 11.0. The quantitative estimate of drug-likeness (QED) is 0.724. The molecule has 3 aromatic rings. The Hall–Kier alpha value is -3.42.